The normalized spacial score (nSPS) is 15.6. The van der Waals surface area contributed by atoms with Gasteiger partial charge in [0.2, 0.25) is 0 Å². The average molecular weight is 568 g/mol. The molecule has 9 heteroatoms. The van der Waals surface area contributed by atoms with E-state index in [1.54, 1.807) is 0 Å². The van der Waals surface area contributed by atoms with Crippen molar-refractivity contribution in [2.24, 2.45) is 0 Å². The molecule has 4 aromatic rings. The molecule has 1 fully saturated rings. The number of likely N-dealkylation sites (tertiary alicyclic amines) is 1. The van der Waals surface area contributed by atoms with Crippen LogP contribution in [-0.2, 0) is 4.79 Å². The molecular weight excluding hydrogens is 545 g/mol. The van der Waals surface area contributed by atoms with Crippen molar-refractivity contribution < 1.29 is 31.0 Å². The number of carbonyl (C=O) groups excluding carboxylic acids is 1. The van der Waals surface area contributed by atoms with Crippen molar-refractivity contribution in [1.29, 1.82) is 0 Å². The summed E-state index contributed by atoms with van der Waals surface area (Å²) < 4.78 is 7.98. The third kappa shape index (κ3) is 4.18. The minimum atomic E-state index is -0.754. The van der Waals surface area contributed by atoms with Crippen molar-refractivity contribution in [1.82, 2.24) is 17.9 Å². The van der Waals surface area contributed by atoms with Gasteiger partial charge in [-0.25, -0.2) is 0 Å². The molecular formula is C25H23IN5O3-. The Hall–Kier alpha value is -3.60. The molecule has 3 N–H and O–H groups in total. The molecule has 0 unspecified atom stereocenters. The average Bonchev–Trinajstić information content (AvgIpc) is 3.48. The van der Waals surface area contributed by atoms with Gasteiger partial charge in [-0.05, 0) is 0 Å². The Bertz CT molecular complexity index is 1410. The van der Waals surface area contributed by atoms with E-state index in [0.29, 0.717) is 23.2 Å². The monoisotopic (exact) mass is 568 g/mol. The molecule has 5 rings (SSSR count). The summed E-state index contributed by atoms with van der Waals surface area (Å²) in [6.45, 7) is 4.34. The Morgan fingerprint density at radius 3 is 2.65 bits per heavy atom. The molecule has 0 aliphatic carbocycles. The van der Waals surface area contributed by atoms with E-state index < -0.39 is 21.5 Å². The number of nitrogen functional groups attached to an aromatic ring is 1. The Kier molecular flexibility index (Phi) is 6.10. The first-order chi connectivity index (χ1) is 16.5. The molecule has 0 radical (unpaired) electrons. The number of benzene rings is 2. The van der Waals surface area contributed by atoms with E-state index in [4.69, 9.17) is 10.5 Å². The summed E-state index contributed by atoms with van der Waals surface area (Å²) in [7, 11) is 0. The molecule has 1 saturated heterocycles. The Morgan fingerprint density at radius 1 is 1.18 bits per heavy atom. The van der Waals surface area contributed by atoms with Crippen LogP contribution in [0.15, 0.2) is 78.2 Å². The van der Waals surface area contributed by atoms with Gasteiger partial charge in [-0.3, -0.25) is 0 Å². The van der Waals surface area contributed by atoms with Gasteiger partial charge >= 0.3 is 207 Å². The second-order valence-corrected chi connectivity index (χ2v) is 10.9. The predicted octanol–water partition coefficient (Wildman–Crippen LogP) is 0.753. The fourth-order valence-corrected chi connectivity index (χ4v) is 7.55. The molecule has 0 spiro atoms. The van der Waals surface area contributed by atoms with Crippen molar-refractivity contribution >= 4 is 22.6 Å². The molecule has 1 atom stereocenters. The van der Waals surface area contributed by atoms with E-state index in [1.807, 2.05) is 68.5 Å². The van der Waals surface area contributed by atoms with Crippen molar-refractivity contribution in [3.05, 3.63) is 83.8 Å². The number of fused-ring (bicyclic) bond motifs is 1. The number of alkyl halides is 1. The van der Waals surface area contributed by atoms with Crippen LogP contribution in [0.2, 0.25) is 0 Å². The summed E-state index contributed by atoms with van der Waals surface area (Å²) in [6, 6.07) is 17.2. The van der Waals surface area contributed by atoms with E-state index in [-0.39, 0.29) is 21.3 Å². The zero-order valence-electron chi connectivity index (χ0n) is 18.3. The number of halogens is 1. The van der Waals surface area contributed by atoms with Gasteiger partial charge in [0.05, 0.1) is 0 Å². The number of aromatic nitrogens is 3. The molecule has 174 valence electrons. The summed E-state index contributed by atoms with van der Waals surface area (Å²) >= 11 is -0.754. The van der Waals surface area contributed by atoms with Crippen LogP contribution in [0.4, 0.5) is 5.82 Å². The summed E-state index contributed by atoms with van der Waals surface area (Å²) in [6.07, 6.45) is 5.17. The first-order valence-corrected chi connectivity index (χ1v) is 13.1. The zero-order chi connectivity index (χ0) is 23.7. The number of nitrogens with two attached hydrogens (primary N) is 1. The molecule has 8 nitrogen and oxygen atoms in total. The number of ether oxygens (including phenoxy) is 1. The molecule has 0 bridgehead atoms. The van der Waals surface area contributed by atoms with Gasteiger partial charge in [0.15, 0.2) is 0 Å². The molecule has 0 saturated carbocycles. The third-order valence-corrected chi connectivity index (χ3v) is 9.01. The Labute approximate surface area is 206 Å². The van der Waals surface area contributed by atoms with Gasteiger partial charge in [-0.1, -0.05) is 0 Å². The molecule has 3 heterocycles. The Balaban J connectivity index is 1.52. The maximum atomic E-state index is 12.8. The SMILES string of the molecule is C=CC(=O)N1CCC[C@H]1[I-]n1cc(-c2ccc(Oc3ccccc3)cc2)c2c(N)n[nH]c(=O)c21. The van der Waals surface area contributed by atoms with Crippen LogP contribution in [0, 0.1) is 0 Å². The van der Waals surface area contributed by atoms with Crippen LogP contribution in [0.5, 0.6) is 11.5 Å². The Morgan fingerprint density at radius 2 is 1.91 bits per heavy atom. The first kappa shape index (κ1) is 22.2. The number of aromatic amines is 1. The number of anilines is 1. The number of hydrogen-bond donors (Lipinski definition) is 2. The van der Waals surface area contributed by atoms with Crippen molar-refractivity contribution in [2.75, 3.05) is 12.3 Å². The predicted molar refractivity (Wildman–Crippen MR) is 127 cm³/mol. The fraction of sp³-hybridized carbons (Fsp3) is 0.160. The van der Waals surface area contributed by atoms with E-state index in [0.717, 1.165) is 29.7 Å². The van der Waals surface area contributed by atoms with E-state index in [1.165, 1.54) is 6.08 Å². The van der Waals surface area contributed by atoms with Crippen LogP contribution in [0.3, 0.4) is 0 Å². The van der Waals surface area contributed by atoms with Crippen molar-refractivity contribution in [3.63, 3.8) is 0 Å². The number of hydrogen-bond acceptors (Lipinski definition) is 5. The number of nitrogens with one attached hydrogen (secondary N) is 1. The van der Waals surface area contributed by atoms with Crippen LogP contribution in [-0.4, -0.2) is 34.4 Å². The first-order valence-electron chi connectivity index (χ1n) is 10.8. The van der Waals surface area contributed by atoms with Gasteiger partial charge in [0, 0.05) is 0 Å². The molecule has 1 amide bonds. The van der Waals surface area contributed by atoms with Crippen molar-refractivity contribution in [2.45, 2.75) is 16.9 Å². The van der Waals surface area contributed by atoms with Crippen LogP contribution in [0.25, 0.3) is 22.0 Å². The summed E-state index contributed by atoms with van der Waals surface area (Å²) in [5, 5.41) is 7.13. The topological polar surface area (TPSA) is 106 Å². The van der Waals surface area contributed by atoms with E-state index >= 15 is 0 Å². The summed E-state index contributed by atoms with van der Waals surface area (Å²) in [4.78, 5) is 27.0. The molecule has 34 heavy (non-hydrogen) atoms. The van der Waals surface area contributed by atoms with E-state index in [9.17, 15) is 9.59 Å². The van der Waals surface area contributed by atoms with Gasteiger partial charge in [-0.15, -0.1) is 0 Å². The second-order valence-electron chi connectivity index (χ2n) is 7.87. The molecule has 1 aliphatic rings. The molecule has 2 aromatic heterocycles. The summed E-state index contributed by atoms with van der Waals surface area (Å²) in [5.74, 6) is 1.66. The van der Waals surface area contributed by atoms with Crippen LogP contribution in [0.1, 0.15) is 12.8 Å². The second kappa shape index (κ2) is 9.34. The van der Waals surface area contributed by atoms with E-state index in [2.05, 4.69) is 16.8 Å². The number of carbonyl (C=O) groups is 1. The minimum absolute atomic E-state index is 0.0667. The number of amides is 1. The maximum absolute atomic E-state index is 12.8. The van der Waals surface area contributed by atoms with Crippen molar-refractivity contribution in [3.8, 4) is 22.6 Å². The number of H-pyrrole nitrogens is 1. The zero-order valence-corrected chi connectivity index (χ0v) is 20.4. The number of para-hydroxylation sites is 1. The van der Waals surface area contributed by atoms with Gasteiger partial charge in [0.25, 0.3) is 0 Å². The number of rotatable bonds is 6. The molecule has 1 aliphatic heterocycles. The number of nitrogens with zero attached hydrogens (tertiary/aromatic N) is 3. The van der Waals surface area contributed by atoms with Gasteiger partial charge in [0.1, 0.15) is 0 Å². The standard InChI is InChI=1S/C25H23IN5O3/c1-2-21(32)30-14-6-9-20(30)26-31-15-19(22-23(31)25(33)29-28-24(22)27)16-10-12-18(13-11-16)34-17-7-4-3-5-8-17/h2-5,7-8,10-13,15,20H,1,6,9,14H2,(H2,27,28)(H,29,33)/q-1/t20-/m0/s1. The summed E-state index contributed by atoms with van der Waals surface area (Å²) in [5.41, 5.74) is 8.17. The fourth-order valence-electron chi connectivity index (χ4n) is 4.10. The van der Waals surface area contributed by atoms with Crippen LogP contribution < -0.4 is 37.5 Å². The quantitative estimate of drug-likeness (QED) is 0.155. The van der Waals surface area contributed by atoms with Gasteiger partial charge in [-0.2, -0.15) is 0 Å². The van der Waals surface area contributed by atoms with Crippen LogP contribution >= 0.6 is 0 Å². The third-order valence-electron chi connectivity index (χ3n) is 5.71. The molecule has 2 aromatic carbocycles. The van der Waals surface area contributed by atoms with Gasteiger partial charge < -0.3 is 0 Å².